The van der Waals surface area contributed by atoms with Gasteiger partial charge in [0, 0.05) is 25.1 Å². The Bertz CT molecular complexity index is 585. The van der Waals surface area contributed by atoms with Gasteiger partial charge in [0.25, 0.3) is 5.92 Å². The van der Waals surface area contributed by atoms with Crippen molar-refractivity contribution in [1.82, 2.24) is 0 Å². The number of nitrogens with two attached hydrogens (primary N) is 1. The Hall–Kier alpha value is -1.79. The van der Waals surface area contributed by atoms with Crippen LogP contribution >= 0.6 is 0 Å². The maximum atomic E-state index is 14.6. The summed E-state index contributed by atoms with van der Waals surface area (Å²) in [7, 11) is 0. The van der Waals surface area contributed by atoms with Gasteiger partial charge >= 0.3 is 0 Å². The zero-order chi connectivity index (χ0) is 16.0. The molecule has 0 saturated carbocycles. The molecule has 0 bridgehead atoms. The van der Waals surface area contributed by atoms with Crippen LogP contribution in [0, 0.1) is 5.82 Å². The van der Waals surface area contributed by atoms with E-state index in [0.717, 1.165) is 6.07 Å². The third-order valence-electron chi connectivity index (χ3n) is 3.53. The number of aliphatic imine (C=N–C) groups is 1. The SMILES string of the molecule is CC1=N[C@](C)(c2cc(N)ccc2F)[C@@H](F)[C@@H](C(C)(F)F)O1. The first-order chi connectivity index (χ1) is 9.55. The van der Waals surface area contributed by atoms with Crippen molar-refractivity contribution in [3.05, 3.63) is 29.6 Å². The Labute approximate surface area is 119 Å². The third-order valence-corrected chi connectivity index (χ3v) is 3.53. The van der Waals surface area contributed by atoms with Gasteiger partial charge in [0.1, 0.15) is 11.4 Å². The molecule has 21 heavy (non-hydrogen) atoms. The lowest BCUT2D eigenvalue weighted by atomic mass is 9.82. The molecule has 1 aromatic carbocycles. The molecule has 7 heteroatoms. The van der Waals surface area contributed by atoms with E-state index < -0.39 is 29.6 Å². The van der Waals surface area contributed by atoms with Crippen molar-refractivity contribution in [2.45, 2.75) is 44.5 Å². The number of anilines is 1. The van der Waals surface area contributed by atoms with E-state index in [1.165, 1.54) is 26.0 Å². The smallest absolute Gasteiger partial charge is 0.284 e. The van der Waals surface area contributed by atoms with E-state index in [2.05, 4.69) is 4.99 Å². The number of halogens is 4. The molecule has 0 spiro atoms. The fraction of sp³-hybridized carbons (Fsp3) is 0.500. The van der Waals surface area contributed by atoms with Crippen molar-refractivity contribution in [2.24, 2.45) is 4.99 Å². The quantitative estimate of drug-likeness (QED) is 0.672. The van der Waals surface area contributed by atoms with Crippen LogP contribution in [0.5, 0.6) is 0 Å². The lowest BCUT2D eigenvalue weighted by Gasteiger charge is -2.40. The van der Waals surface area contributed by atoms with Crippen LogP contribution in [-0.2, 0) is 10.3 Å². The molecule has 0 fully saturated rings. The van der Waals surface area contributed by atoms with E-state index in [-0.39, 0.29) is 17.1 Å². The average molecular weight is 304 g/mol. The van der Waals surface area contributed by atoms with Crippen LogP contribution in [0.3, 0.4) is 0 Å². The summed E-state index contributed by atoms with van der Waals surface area (Å²) in [5, 5.41) is 0. The minimum absolute atomic E-state index is 0.125. The number of ether oxygens (including phenoxy) is 1. The molecule has 1 aliphatic heterocycles. The Morgan fingerprint density at radius 1 is 1.38 bits per heavy atom. The Balaban J connectivity index is 2.58. The van der Waals surface area contributed by atoms with Gasteiger partial charge in [0.15, 0.2) is 18.2 Å². The van der Waals surface area contributed by atoms with Crippen LogP contribution in [-0.4, -0.2) is 24.1 Å². The highest BCUT2D eigenvalue weighted by atomic mass is 19.3. The van der Waals surface area contributed by atoms with E-state index in [9.17, 15) is 17.6 Å². The predicted molar refractivity (Wildman–Crippen MR) is 71.7 cm³/mol. The summed E-state index contributed by atoms with van der Waals surface area (Å²) in [5.41, 5.74) is 3.77. The van der Waals surface area contributed by atoms with Crippen molar-refractivity contribution >= 4 is 11.6 Å². The highest BCUT2D eigenvalue weighted by molar-refractivity contribution is 5.75. The van der Waals surface area contributed by atoms with Crippen LogP contribution in [0.15, 0.2) is 23.2 Å². The van der Waals surface area contributed by atoms with E-state index >= 15 is 0 Å². The van der Waals surface area contributed by atoms with Gasteiger partial charge < -0.3 is 10.5 Å². The minimum atomic E-state index is -3.44. The number of nitrogens with zero attached hydrogens (tertiary/aromatic N) is 1. The number of benzene rings is 1. The summed E-state index contributed by atoms with van der Waals surface area (Å²) >= 11 is 0. The number of nitrogen functional groups attached to an aromatic ring is 1. The molecule has 0 aliphatic carbocycles. The van der Waals surface area contributed by atoms with Crippen LogP contribution in [0.1, 0.15) is 26.3 Å². The molecule has 1 heterocycles. The summed E-state index contributed by atoms with van der Waals surface area (Å²) in [6.07, 6.45) is -4.27. The van der Waals surface area contributed by atoms with Gasteiger partial charge in [-0.1, -0.05) is 0 Å². The largest absolute Gasteiger partial charge is 0.468 e. The second-order valence-electron chi connectivity index (χ2n) is 5.41. The number of alkyl halides is 3. The van der Waals surface area contributed by atoms with Crippen molar-refractivity contribution in [1.29, 1.82) is 0 Å². The highest BCUT2D eigenvalue weighted by Gasteiger charge is 2.55. The molecule has 1 aliphatic rings. The van der Waals surface area contributed by atoms with Crippen molar-refractivity contribution in [2.75, 3.05) is 5.73 Å². The molecule has 0 amide bonds. The maximum Gasteiger partial charge on any atom is 0.284 e. The molecule has 0 unspecified atom stereocenters. The lowest BCUT2D eigenvalue weighted by Crippen LogP contribution is -2.54. The first kappa shape index (κ1) is 15.6. The number of hydrogen-bond acceptors (Lipinski definition) is 3. The fourth-order valence-electron chi connectivity index (χ4n) is 2.45. The normalized spacial score (nSPS) is 29.8. The van der Waals surface area contributed by atoms with E-state index in [0.29, 0.717) is 6.92 Å². The molecule has 3 atom stereocenters. The molecule has 0 aromatic heterocycles. The average Bonchev–Trinajstić information content (AvgIpc) is 2.35. The van der Waals surface area contributed by atoms with Crippen LogP contribution in [0.2, 0.25) is 0 Å². The predicted octanol–water partition coefficient (Wildman–Crippen LogP) is 3.43. The van der Waals surface area contributed by atoms with Crippen molar-refractivity contribution < 1.29 is 22.3 Å². The zero-order valence-corrected chi connectivity index (χ0v) is 11.8. The van der Waals surface area contributed by atoms with Gasteiger partial charge in [-0.3, -0.25) is 0 Å². The highest BCUT2D eigenvalue weighted by Crippen LogP contribution is 2.43. The number of rotatable bonds is 2. The fourth-order valence-corrected chi connectivity index (χ4v) is 2.45. The van der Waals surface area contributed by atoms with Gasteiger partial charge in [-0.15, -0.1) is 0 Å². The van der Waals surface area contributed by atoms with Gasteiger partial charge in [-0.25, -0.2) is 22.6 Å². The Kier molecular flexibility index (Phi) is 3.63. The summed E-state index contributed by atoms with van der Waals surface area (Å²) < 4.78 is 60.5. The molecule has 3 nitrogen and oxygen atoms in total. The molecule has 1 aromatic rings. The molecular weight excluding hydrogens is 288 g/mol. The number of hydrogen-bond donors (Lipinski definition) is 1. The summed E-state index contributed by atoms with van der Waals surface area (Å²) in [5.74, 6) is -4.32. The van der Waals surface area contributed by atoms with Gasteiger partial charge in [-0.2, -0.15) is 0 Å². The Morgan fingerprint density at radius 3 is 2.57 bits per heavy atom. The van der Waals surface area contributed by atoms with Gasteiger partial charge in [0.05, 0.1) is 0 Å². The van der Waals surface area contributed by atoms with Crippen molar-refractivity contribution in [3.63, 3.8) is 0 Å². The minimum Gasteiger partial charge on any atom is -0.468 e. The van der Waals surface area contributed by atoms with Crippen LogP contribution < -0.4 is 5.73 Å². The second-order valence-corrected chi connectivity index (χ2v) is 5.41. The van der Waals surface area contributed by atoms with Crippen LogP contribution in [0.25, 0.3) is 0 Å². The maximum absolute atomic E-state index is 14.6. The Morgan fingerprint density at radius 2 is 2.00 bits per heavy atom. The van der Waals surface area contributed by atoms with Gasteiger partial charge in [-0.05, 0) is 25.1 Å². The summed E-state index contributed by atoms with van der Waals surface area (Å²) in [6, 6.07) is 3.56. The molecule has 2 rings (SSSR count). The molecule has 116 valence electrons. The molecule has 2 N–H and O–H groups in total. The molecule has 0 radical (unpaired) electrons. The van der Waals surface area contributed by atoms with Crippen molar-refractivity contribution in [3.8, 4) is 0 Å². The first-order valence-electron chi connectivity index (χ1n) is 6.36. The van der Waals surface area contributed by atoms with Gasteiger partial charge in [0.2, 0.25) is 0 Å². The zero-order valence-electron chi connectivity index (χ0n) is 11.8. The van der Waals surface area contributed by atoms with Crippen LogP contribution in [0.4, 0.5) is 23.2 Å². The summed E-state index contributed by atoms with van der Waals surface area (Å²) in [6.45, 7) is 3.13. The third kappa shape index (κ3) is 2.69. The standard InChI is InChI=1S/C14H16F4N2O/c1-7-20-13(2,9-6-8(19)4-5-10(9)15)11(16)12(21-7)14(3,17)18/h4-6,11-12H,19H2,1-3H3/t11-,12-,13+/m0/s1. The monoisotopic (exact) mass is 304 g/mol. The summed E-state index contributed by atoms with van der Waals surface area (Å²) in [4.78, 5) is 3.92. The molecular formula is C14H16F4N2O. The topological polar surface area (TPSA) is 47.6 Å². The van der Waals surface area contributed by atoms with E-state index in [1.807, 2.05) is 0 Å². The molecule has 0 saturated heterocycles. The van der Waals surface area contributed by atoms with E-state index in [4.69, 9.17) is 10.5 Å². The van der Waals surface area contributed by atoms with E-state index in [1.54, 1.807) is 0 Å². The first-order valence-corrected chi connectivity index (χ1v) is 6.36. The second kappa shape index (κ2) is 4.89. The lowest BCUT2D eigenvalue weighted by molar-refractivity contribution is -0.137.